The van der Waals surface area contributed by atoms with E-state index >= 15 is 0 Å². The van der Waals surface area contributed by atoms with Crippen LogP contribution in [-0.2, 0) is 16.6 Å². The molecule has 2 unspecified atom stereocenters. The second-order valence-corrected chi connectivity index (χ2v) is 5.86. The van der Waals surface area contributed by atoms with Gasteiger partial charge in [-0.2, -0.15) is 0 Å². The van der Waals surface area contributed by atoms with Crippen molar-refractivity contribution in [3.05, 3.63) is 28.8 Å². The molecule has 0 fully saturated rings. The Morgan fingerprint density at radius 1 is 1.53 bits per heavy atom. The third-order valence-corrected chi connectivity index (χ3v) is 4.59. The van der Waals surface area contributed by atoms with Crippen molar-refractivity contribution in [3.63, 3.8) is 0 Å². The van der Waals surface area contributed by atoms with Crippen LogP contribution in [0.2, 0.25) is 5.02 Å². The van der Waals surface area contributed by atoms with Crippen molar-refractivity contribution >= 4 is 28.1 Å². The van der Waals surface area contributed by atoms with E-state index in [1.807, 2.05) is 13.8 Å². The molecule has 4 heteroatoms. The lowest BCUT2D eigenvalue weighted by atomic mass is 10.2. The highest BCUT2D eigenvalue weighted by Gasteiger charge is 2.11. The Hall–Kier alpha value is -0.540. The topological polar surface area (TPSA) is 43.1 Å². The fourth-order valence-corrected chi connectivity index (χ4v) is 2.65. The molecule has 0 spiro atoms. The zero-order valence-electron chi connectivity index (χ0n) is 9.00. The minimum atomic E-state index is -0.874. The molecule has 1 aromatic rings. The van der Waals surface area contributed by atoms with E-state index < -0.39 is 10.8 Å². The highest BCUT2D eigenvalue weighted by Crippen LogP contribution is 2.21. The number of hydrogen-bond donors (Lipinski definition) is 1. The molecule has 0 aromatic heterocycles. The lowest BCUT2D eigenvalue weighted by Gasteiger charge is -2.10. The number of nitrogen functional groups attached to an aromatic ring is 1. The highest BCUT2D eigenvalue weighted by molar-refractivity contribution is 7.84. The van der Waals surface area contributed by atoms with E-state index in [9.17, 15) is 4.21 Å². The van der Waals surface area contributed by atoms with Gasteiger partial charge in [-0.25, -0.2) is 0 Å². The first kappa shape index (κ1) is 12.5. The van der Waals surface area contributed by atoms with E-state index in [1.165, 1.54) is 0 Å². The van der Waals surface area contributed by atoms with E-state index in [2.05, 4.69) is 0 Å². The predicted molar refractivity (Wildman–Crippen MR) is 67.5 cm³/mol. The first-order valence-corrected chi connectivity index (χ1v) is 6.71. The van der Waals surface area contributed by atoms with E-state index in [4.69, 9.17) is 17.3 Å². The van der Waals surface area contributed by atoms with Crippen molar-refractivity contribution in [3.8, 4) is 0 Å². The quantitative estimate of drug-likeness (QED) is 0.829. The average Bonchev–Trinajstić information content (AvgIpc) is 2.22. The van der Waals surface area contributed by atoms with Crippen LogP contribution in [0.3, 0.4) is 0 Å². The summed E-state index contributed by atoms with van der Waals surface area (Å²) in [6.07, 6.45) is 0.909. The van der Waals surface area contributed by atoms with Gasteiger partial charge in [-0.15, -0.1) is 0 Å². The Morgan fingerprint density at radius 3 is 2.80 bits per heavy atom. The fourth-order valence-electron chi connectivity index (χ4n) is 1.19. The van der Waals surface area contributed by atoms with Gasteiger partial charge >= 0.3 is 0 Å². The second-order valence-electron chi connectivity index (χ2n) is 3.59. The van der Waals surface area contributed by atoms with Gasteiger partial charge in [-0.1, -0.05) is 25.4 Å². The van der Waals surface area contributed by atoms with Gasteiger partial charge in [-0.3, -0.25) is 4.21 Å². The number of rotatable bonds is 4. The zero-order chi connectivity index (χ0) is 11.4. The number of benzene rings is 1. The second kappa shape index (κ2) is 5.52. The van der Waals surface area contributed by atoms with Crippen LogP contribution in [0.5, 0.6) is 0 Å². The number of halogens is 1. The van der Waals surface area contributed by atoms with Crippen molar-refractivity contribution in [2.24, 2.45) is 0 Å². The Labute approximate surface area is 98.3 Å². The molecule has 0 amide bonds. The first-order chi connectivity index (χ1) is 7.04. The Kier molecular flexibility index (Phi) is 4.61. The zero-order valence-corrected chi connectivity index (χ0v) is 10.6. The van der Waals surface area contributed by atoms with Gasteiger partial charge in [0.15, 0.2) is 0 Å². The van der Waals surface area contributed by atoms with Gasteiger partial charge in [0.05, 0.1) is 5.75 Å². The SMILES string of the molecule is CCC(C)S(=O)Cc1cc(N)ccc1Cl. The van der Waals surface area contributed by atoms with Crippen LogP contribution in [0, 0.1) is 0 Å². The molecule has 15 heavy (non-hydrogen) atoms. The summed E-state index contributed by atoms with van der Waals surface area (Å²) in [6.45, 7) is 4.01. The van der Waals surface area contributed by atoms with E-state index in [-0.39, 0.29) is 5.25 Å². The molecule has 0 radical (unpaired) electrons. The lowest BCUT2D eigenvalue weighted by molar-refractivity contribution is 0.670. The number of hydrogen-bond acceptors (Lipinski definition) is 2. The summed E-state index contributed by atoms with van der Waals surface area (Å²) in [5, 5.41) is 0.836. The van der Waals surface area contributed by atoms with Gasteiger partial charge in [0.25, 0.3) is 0 Å². The summed E-state index contributed by atoms with van der Waals surface area (Å²) >= 11 is 6.00. The van der Waals surface area contributed by atoms with Crippen LogP contribution < -0.4 is 5.73 Å². The summed E-state index contributed by atoms with van der Waals surface area (Å²) in [5.74, 6) is 0.485. The van der Waals surface area contributed by atoms with Gasteiger partial charge in [0.2, 0.25) is 0 Å². The lowest BCUT2D eigenvalue weighted by Crippen LogP contribution is -2.11. The smallest absolute Gasteiger partial charge is 0.0503 e. The van der Waals surface area contributed by atoms with E-state index in [0.29, 0.717) is 16.5 Å². The Morgan fingerprint density at radius 2 is 2.20 bits per heavy atom. The molecule has 0 saturated heterocycles. The van der Waals surface area contributed by atoms with Crippen molar-refractivity contribution in [2.75, 3.05) is 5.73 Å². The van der Waals surface area contributed by atoms with Crippen LogP contribution in [-0.4, -0.2) is 9.46 Å². The third-order valence-electron chi connectivity index (χ3n) is 2.39. The molecule has 2 atom stereocenters. The van der Waals surface area contributed by atoms with Crippen LogP contribution in [0.1, 0.15) is 25.8 Å². The summed E-state index contributed by atoms with van der Waals surface area (Å²) in [5.41, 5.74) is 7.19. The van der Waals surface area contributed by atoms with Crippen molar-refractivity contribution < 1.29 is 4.21 Å². The molecule has 0 saturated carbocycles. The first-order valence-electron chi connectivity index (χ1n) is 4.95. The summed E-state index contributed by atoms with van der Waals surface area (Å²) < 4.78 is 11.8. The number of nitrogens with two attached hydrogens (primary N) is 1. The van der Waals surface area contributed by atoms with Gasteiger partial charge in [0.1, 0.15) is 0 Å². The monoisotopic (exact) mass is 245 g/mol. The van der Waals surface area contributed by atoms with Gasteiger partial charge in [-0.05, 0) is 30.2 Å². The maximum Gasteiger partial charge on any atom is 0.0503 e. The molecule has 0 aliphatic rings. The number of anilines is 1. The largest absolute Gasteiger partial charge is 0.399 e. The van der Waals surface area contributed by atoms with Crippen molar-refractivity contribution in [2.45, 2.75) is 31.3 Å². The predicted octanol–water partition coefficient (Wildman–Crippen LogP) is 2.97. The standard InChI is InChI=1S/C11H16ClNOS/c1-3-8(2)15(14)7-9-6-10(13)4-5-11(9)12/h4-6,8H,3,7,13H2,1-2H3. The maximum absolute atomic E-state index is 11.8. The average molecular weight is 246 g/mol. The van der Waals surface area contributed by atoms with E-state index in [0.717, 1.165) is 12.0 Å². The van der Waals surface area contributed by atoms with Crippen molar-refractivity contribution in [1.82, 2.24) is 0 Å². The molecular weight excluding hydrogens is 230 g/mol. The molecule has 0 bridgehead atoms. The van der Waals surface area contributed by atoms with Crippen LogP contribution >= 0.6 is 11.6 Å². The molecule has 1 rings (SSSR count). The molecule has 0 aliphatic carbocycles. The molecule has 1 aromatic carbocycles. The van der Waals surface area contributed by atoms with Crippen LogP contribution in [0.15, 0.2) is 18.2 Å². The van der Waals surface area contributed by atoms with Crippen molar-refractivity contribution in [1.29, 1.82) is 0 Å². The third kappa shape index (κ3) is 3.50. The maximum atomic E-state index is 11.8. The molecular formula is C11H16ClNOS. The fraction of sp³-hybridized carbons (Fsp3) is 0.455. The van der Waals surface area contributed by atoms with E-state index in [1.54, 1.807) is 18.2 Å². The van der Waals surface area contributed by atoms with Crippen LogP contribution in [0.25, 0.3) is 0 Å². The Balaban J connectivity index is 2.80. The van der Waals surface area contributed by atoms with Gasteiger partial charge in [0, 0.05) is 26.8 Å². The van der Waals surface area contributed by atoms with Gasteiger partial charge < -0.3 is 5.73 Å². The summed E-state index contributed by atoms with van der Waals surface area (Å²) in [6, 6.07) is 5.29. The normalized spacial score (nSPS) is 14.9. The minimum Gasteiger partial charge on any atom is -0.399 e. The summed E-state index contributed by atoms with van der Waals surface area (Å²) in [7, 11) is -0.874. The molecule has 0 aliphatic heterocycles. The minimum absolute atomic E-state index is 0.197. The molecule has 84 valence electrons. The molecule has 0 heterocycles. The molecule has 2 N–H and O–H groups in total. The Bertz CT molecular complexity index is 368. The highest BCUT2D eigenvalue weighted by atomic mass is 35.5. The molecule has 2 nitrogen and oxygen atoms in total. The van der Waals surface area contributed by atoms with Crippen LogP contribution in [0.4, 0.5) is 5.69 Å². The summed E-state index contributed by atoms with van der Waals surface area (Å²) in [4.78, 5) is 0.